The summed E-state index contributed by atoms with van der Waals surface area (Å²) >= 11 is 1.73. The SMILES string of the molecule is CC(=O)c1ccc(N2CCN([C@H](C)C(=O)NCCc3cccs3)CC2)cc1. The molecule has 1 atom stereocenters. The first-order valence-corrected chi connectivity index (χ1v) is 10.3. The van der Waals surface area contributed by atoms with Crippen LogP contribution in [-0.2, 0) is 11.2 Å². The molecule has 2 aromatic rings. The van der Waals surface area contributed by atoms with Crippen LogP contribution >= 0.6 is 11.3 Å². The summed E-state index contributed by atoms with van der Waals surface area (Å²) in [7, 11) is 0. The lowest BCUT2D eigenvalue weighted by molar-refractivity contribution is -0.125. The lowest BCUT2D eigenvalue weighted by atomic mass is 10.1. The molecule has 0 radical (unpaired) electrons. The van der Waals surface area contributed by atoms with E-state index in [-0.39, 0.29) is 17.7 Å². The van der Waals surface area contributed by atoms with Crippen LogP contribution in [0.2, 0.25) is 0 Å². The van der Waals surface area contributed by atoms with Gasteiger partial charge in [0.05, 0.1) is 6.04 Å². The fourth-order valence-electron chi connectivity index (χ4n) is 3.35. The second kappa shape index (κ2) is 9.15. The molecular weight excluding hydrogens is 358 g/mol. The molecule has 3 rings (SSSR count). The van der Waals surface area contributed by atoms with Crippen LogP contribution in [0.1, 0.15) is 29.1 Å². The summed E-state index contributed by atoms with van der Waals surface area (Å²) in [4.78, 5) is 29.7. The molecule has 1 amide bonds. The molecular formula is C21H27N3O2S. The van der Waals surface area contributed by atoms with Crippen LogP contribution in [0.3, 0.4) is 0 Å². The standard InChI is InChI=1S/C21H27N3O2S/c1-16(21(26)22-10-9-20-4-3-15-27-20)23-11-13-24(14-12-23)19-7-5-18(6-8-19)17(2)25/h3-8,15-16H,9-14H2,1-2H3,(H,22,26)/t16-/m1/s1. The lowest BCUT2D eigenvalue weighted by Gasteiger charge is -2.38. The molecule has 0 bridgehead atoms. The minimum absolute atomic E-state index is 0.0882. The number of anilines is 1. The molecule has 1 aromatic carbocycles. The summed E-state index contributed by atoms with van der Waals surface area (Å²) in [5, 5.41) is 5.12. The number of hydrogen-bond acceptors (Lipinski definition) is 5. The zero-order chi connectivity index (χ0) is 19.2. The number of piperazine rings is 1. The van der Waals surface area contributed by atoms with Crippen LogP contribution in [0, 0.1) is 0 Å². The second-order valence-corrected chi connectivity index (χ2v) is 7.95. The van der Waals surface area contributed by atoms with E-state index in [0.29, 0.717) is 6.54 Å². The zero-order valence-electron chi connectivity index (χ0n) is 16.0. The minimum Gasteiger partial charge on any atom is -0.369 e. The maximum atomic E-state index is 12.4. The number of amides is 1. The molecule has 2 heterocycles. The van der Waals surface area contributed by atoms with E-state index in [1.165, 1.54) is 4.88 Å². The highest BCUT2D eigenvalue weighted by Gasteiger charge is 2.25. The number of carbonyl (C=O) groups excluding carboxylic acids is 2. The number of thiophene rings is 1. The molecule has 1 fully saturated rings. The third kappa shape index (κ3) is 5.17. The first-order valence-electron chi connectivity index (χ1n) is 9.44. The Morgan fingerprint density at radius 1 is 1.11 bits per heavy atom. The van der Waals surface area contributed by atoms with Gasteiger partial charge in [0.25, 0.3) is 0 Å². The van der Waals surface area contributed by atoms with Crippen LogP contribution in [0.4, 0.5) is 5.69 Å². The molecule has 0 unspecified atom stereocenters. The highest BCUT2D eigenvalue weighted by molar-refractivity contribution is 7.09. The van der Waals surface area contributed by atoms with Crippen molar-refractivity contribution < 1.29 is 9.59 Å². The molecule has 5 nitrogen and oxygen atoms in total. The van der Waals surface area contributed by atoms with E-state index in [0.717, 1.165) is 43.9 Å². The highest BCUT2D eigenvalue weighted by atomic mass is 32.1. The molecule has 0 saturated carbocycles. The van der Waals surface area contributed by atoms with Gasteiger partial charge in [-0.2, -0.15) is 0 Å². The van der Waals surface area contributed by atoms with Crippen molar-refractivity contribution in [2.75, 3.05) is 37.6 Å². The Morgan fingerprint density at radius 3 is 2.41 bits per heavy atom. The van der Waals surface area contributed by atoms with Crippen LogP contribution in [-0.4, -0.2) is 55.4 Å². The first kappa shape index (κ1) is 19.6. The number of benzene rings is 1. The van der Waals surface area contributed by atoms with E-state index < -0.39 is 0 Å². The normalized spacial score (nSPS) is 16.1. The van der Waals surface area contributed by atoms with E-state index in [1.54, 1.807) is 18.3 Å². The summed E-state index contributed by atoms with van der Waals surface area (Å²) in [5.41, 5.74) is 1.87. The number of ketones is 1. The van der Waals surface area contributed by atoms with Crippen molar-refractivity contribution >= 4 is 28.7 Å². The van der Waals surface area contributed by atoms with Crippen molar-refractivity contribution in [1.82, 2.24) is 10.2 Å². The predicted molar refractivity (Wildman–Crippen MR) is 111 cm³/mol. The van der Waals surface area contributed by atoms with Gasteiger partial charge in [0.15, 0.2) is 5.78 Å². The second-order valence-electron chi connectivity index (χ2n) is 6.92. The smallest absolute Gasteiger partial charge is 0.237 e. The van der Waals surface area contributed by atoms with Crippen molar-refractivity contribution in [2.24, 2.45) is 0 Å². The van der Waals surface area contributed by atoms with Gasteiger partial charge in [0.2, 0.25) is 5.91 Å². The Balaban J connectivity index is 1.44. The van der Waals surface area contributed by atoms with Gasteiger partial charge in [0, 0.05) is 48.9 Å². The number of nitrogens with one attached hydrogen (secondary N) is 1. The monoisotopic (exact) mass is 385 g/mol. The van der Waals surface area contributed by atoms with Crippen molar-refractivity contribution in [2.45, 2.75) is 26.3 Å². The van der Waals surface area contributed by atoms with Crippen LogP contribution in [0.25, 0.3) is 0 Å². The quantitative estimate of drug-likeness (QED) is 0.745. The largest absolute Gasteiger partial charge is 0.369 e. The van der Waals surface area contributed by atoms with Gasteiger partial charge in [-0.3, -0.25) is 14.5 Å². The fourth-order valence-corrected chi connectivity index (χ4v) is 4.06. The molecule has 0 spiro atoms. The van der Waals surface area contributed by atoms with Crippen molar-refractivity contribution in [3.63, 3.8) is 0 Å². The molecule has 144 valence electrons. The van der Waals surface area contributed by atoms with Crippen LogP contribution in [0.5, 0.6) is 0 Å². The molecule has 27 heavy (non-hydrogen) atoms. The maximum Gasteiger partial charge on any atom is 0.237 e. The third-order valence-electron chi connectivity index (χ3n) is 5.13. The average molecular weight is 386 g/mol. The molecule has 1 aromatic heterocycles. The van der Waals surface area contributed by atoms with E-state index in [2.05, 4.69) is 26.6 Å². The lowest BCUT2D eigenvalue weighted by Crippen LogP contribution is -2.54. The molecule has 1 N–H and O–H groups in total. The molecule has 0 aliphatic carbocycles. The third-order valence-corrected chi connectivity index (χ3v) is 6.07. The number of hydrogen-bond donors (Lipinski definition) is 1. The van der Waals surface area contributed by atoms with E-state index in [9.17, 15) is 9.59 Å². The topological polar surface area (TPSA) is 52.7 Å². The Hall–Kier alpha value is -2.18. The maximum absolute atomic E-state index is 12.4. The summed E-state index contributed by atoms with van der Waals surface area (Å²) in [6.07, 6.45) is 0.889. The first-order chi connectivity index (χ1) is 13.0. The molecule has 6 heteroatoms. The Bertz CT molecular complexity index is 750. The van der Waals surface area contributed by atoms with E-state index in [1.807, 2.05) is 37.3 Å². The zero-order valence-corrected chi connectivity index (χ0v) is 16.8. The predicted octanol–water partition coefficient (Wildman–Crippen LogP) is 2.82. The fraction of sp³-hybridized carbons (Fsp3) is 0.429. The average Bonchev–Trinajstić information content (AvgIpc) is 3.21. The number of rotatable bonds is 7. The van der Waals surface area contributed by atoms with Crippen molar-refractivity contribution in [3.05, 3.63) is 52.2 Å². The molecule has 1 aliphatic rings. The van der Waals surface area contributed by atoms with Gasteiger partial charge in [-0.15, -0.1) is 11.3 Å². The molecule has 1 saturated heterocycles. The van der Waals surface area contributed by atoms with Gasteiger partial charge in [-0.1, -0.05) is 6.07 Å². The Morgan fingerprint density at radius 2 is 1.81 bits per heavy atom. The summed E-state index contributed by atoms with van der Waals surface area (Å²) in [6, 6.07) is 11.8. The number of Topliss-reactive ketones (excluding diaryl/α,β-unsaturated/α-hetero) is 1. The van der Waals surface area contributed by atoms with Gasteiger partial charge in [-0.05, 0) is 56.0 Å². The van der Waals surface area contributed by atoms with Gasteiger partial charge in [-0.25, -0.2) is 0 Å². The van der Waals surface area contributed by atoms with Crippen LogP contribution in [0.15, 0.2) is 41.8 Å². The van der Waals surface area contributed by atoms with E-state index >= 15 is 0 Å². The summed E-state index contributed by atoms with van der Waals surface area (Å²) in [5.74, 6) is 0.191. The Labute approximate surface area is 165 Å². The van der Waals surface area contributed by atoms with Gasteiger partial charge < -0.3 is 10.2 Å². The van der Waals surface area contributed by atoms with Gasteiger partial charge >= 0.3 is 0 Å². The minimum atomic E-state index is -0.115. The highest BCUT2D eigenvalue weighted by Crippen LogP contribution is 2.18. The summed E-state index contributed by atoms with van der Waals surface area (Å²) in [6.45, 7) is 7.73. The Kier molecular flexibility index (Phi) is 6.63. The van der Waals surface area contributed by atoms with Gasteiger partial charge in [0.1, 0.15) is 0 Å². The van der Waals surface area contributed by atoms with Crippen LogP contribution < -0.4 is 10.2 Å². The number of nitrogens with zero attached hydrogens (tertiary/aromatic N) is 2. The van der Waals surface area contributed by atoms with E-state index in [4.69, 9.17) is 0 Å². The number of carbonyl (C=O) groups is 2. The van der Waals surface area contributed by atoms with Crippen molar-refractivity contribution in [1.29, 1.82) is 0 Å². The van der Waals surface area contributed by atoms with Crippen molar-refractivity contribution in [3.8, 4) is 0 Å². The summed E-state index contributed by atoms with van der Waals surface area (Å²) < 4.78 is 0. The molecule has 1 aliphatic heterocycles.